The first-order valence-corrected chi connectivity index (χ1v) is 12.0. The second-order valence-corrected chi connectivity index (χ2v) is 8.85. The molecule has 0 saturated heterocycles. The van der Waals surface area contributed by atoms with Crippen molar-refractivity contribution in [3.63, 3.8) is 0 Å². The summed E-state index contributed by atoms with van der Waals surface area (Å²) in [7, 11) is 3.59. The van der Waals surface area contributed by atoms with Crippen LogP contribution in [0.5, 0.6) is 0 Å². The molecule has 36 heavy (non-hydrogen) atoms. The number of hydrogen-bond donors (Lipinski definition) is 1. The van der Waals surface area contributed by atoms with Gasteiger partial charge in [0.05, 0.1) is 12.6 Å². The maximum absolute atomic E-state index is 13.7. The number of carbonyl (C=O) groups is 1. The van der Waals surface area contributed by atoms with Crippen molar-refractivity contribution in [1.82, 2.24) is 20.4 Å². The van der Waals surface area contributed by atoms with Gasteiger partial charge in [0.15, 0.2) is 5.82 Å². The van der Waals surface area contributed by atoms with Gasteiger partial charge in [-0.2, -0.15) is 4.98 Å². The topological polar surface area (TPSA) is 80.5 Å². The molecular formula is C29H32N4O3. The van der Waals surface area contributed by atoms with Crippen LogP contribution in [0, 0.1) is 6.92 Å². The predicted octanol–water partition coefficient (Wildman–Crippen LogP) is 4.42. The molecule has 0 spiro atoms. The molecule has 7 heteroatoms. The van der Waals surface area contributed by atoms with Crippen molar-refractivity contribution in [2.45, 2.75) is 32.0 Å². The van der Waals surface area contributed by atoms with Gasteiger partial charge >= 0.3 is 0 Å². The molecule has 0 aliphatic rings. The lowest BCUT2D eigenvalue weighted by atomic mass is 9.96. The van der Waals surface area contributed by atoms with E-state index in [0.717, 1.165) is 27.5 Å². The molecule has 4 aromatic rings. The molecule has 1 amide bonds. The smallest absolute Gasteiger partial charge is 0.252 e. The van der Waals surface area contributed by atoms with Crippen molar-refractivity contribution < 1.29 is 14.1 Å². The third kappa shape index (κ3) is 6.05. The van der Waals surface area contributed by atoms with Gasteiger partial charge in [-0.3, -0.25) is 4.79 Å². The maximum atomic E-state index is 13.7. The van der Waals surface area contributed by atoms with E-state index < -0.39 is 6.04 Å². The van der Waals surface area contributed by atoms with E-state index >= 15 is 0 Å². The molecule has 1 heterocycles. The summed E-state index contributed by atoms with van der Waals surface area (Å²) in [5.41, 5.74) is 2.77. The minimum absolute atomic E-state index is 0.0752. The van der Waals surface area contributed by atoms with Gasteiger partial charge in [0, 0.05) is 7.05 Å². The van der Waals surface area contributed by atoms with Crippen LogP contribution < -0.4 is 5.32 Å². The molecule has 4 rings (SSSR count). The van der Waals surface area contributed by atoms with Crippen LogP contribution in [0.2, 0.25) is 0 Å². The number of likely N-dealkylation sites (N-methyl/N-ethyl adjacent to an activating group) is 2. The summed E-state index contributed by atoms with van der Waals surface area (Å²) in [6.07, 6.45) is 0.644. The van der Waals surface area contributed by atoms with Gasteiger partial charge in [0.1, 0.15) is 12.6 Å². The molecule has 0 bridgehead atoms. The molecular weight excluding hydrogens is 452 g/mol. The van der Waals surface area contributed by atoms with E-state index in [1.807, 2.05) is 43.4 Å². The average Bonchev–Trinajstić information content (AvgIpc) is 3.33. The minimum atomic E-state index is -0.576. The van der Waals surface area contributed by atoms with Crippen LogP contribution in [-0.2, 0) is 22.6 Å². The van der Waals surface area contributed by atoms with Crippen LogP contribution in [0.25, 0.3) is 16.3 Å². The third-order valence-corrected chi connectivity index (χ3v) is 6.32. The SMILES string of the molecule is C=C(c1ccc2ccccc2c1)[C@@H](NC)C(=O)N(C)[C@@H](COCc1nc(C)no1)Cc1ccccc1. The normalized spacial score (nSPS) is 12.9. The lowest BCUT2D eigenvalue weighted by Gasteiger charge is -2.32. The summed E-state index contributed by atoms with van der Waals surface area (Å²) in [5.74, 6) is 0.900. The molecule has 0 fully saturated rings. The average molecular weight is 485 g/mol. The highest BCUT2D eigenvalue weighted by Crippen LogP contribution is 2.24. The molecule has 1 aromatic heterocycles. The van der Waals surface area contributed by atoms with E-state index in [1.54, 1.807) is 18.9 Å². The molecule has 0 radical (unpaired) electrons. The fraction of sp³-hybridized carbons (Fsp3) is 0.276. The number of nitrogens with one attached hydrogen (secondary N) is 1. The molecule has 0 saturated carbocycles. The van der Waals surface area contributed by atoms with Crippen molar-refractivity contribution in [1.29, 1.82) is 0 Å². The fourth-order valence-corrected chi connectivity index (χ4v) is 4.26. The number of aryl methyl sites for hydroxylation is 1. The van der Waals surface area contributed by atoms with Crippen LogP contribution >= 0.6 is 0 Å². The Labute approximate surface area is 211 Å². The third-order valence-electron chi connectivity index (χ3n) is 6.32. The van der Waals surface area contributed by atoms with Crippen LogP contribution in [0.1, 0.15) is 22.8 Å². The number of amides is 1. The Morgan fingerprint density at radius 2 is 1.81 bits per heavy atom. The highest BCUT2D eigenvalue weighted by molar-refractivity contribution is 5.97. The van der Waals surface area contributed by atoms with Crippen molar-refractivity contribution in [3.05, 3.63) is 102 Å². The standard InChI is InChI=1S/C29H32N4O3/c1-20(24-15-14-23-12-8-9-13-25(23)17-24)28(30-3)29(34)33(4)26(16-22-10-6-5-7-11-22)18-35-19-27-31-21(2)32-36-27/h5-15,17,26,28,30H,1,16,18-19H2,2-4H3/t26-,28-/m1/s1. The van der Waals surface area contributed by atoms with Gasteiger partial charge in [-0.15, -0.1) is 0 Å². The minimum Gasteiger partial charge on any atom is -0.369 e. The molecule has 2 atom stereocenters. The van der Waals surface area contributed by atoms with Crippen molar-refractivity contribution in [2.75, 3.05) is 20.7 Å². The lowest BCUT2D eigenvalue weighted by molar-refractivity contribution is -0.134. The van der Waals surface area contributed by atoms with Gasteiger partial charge in [-0.25, -0.2) is 0 Å². The number of fused-ring (bicyclic) bond motifs is 1. The molecule has 0 unspecified atom stereocenters. The summed E-state index contributed by atoms with van der Waals surface area (Å²) >= 11 is 0. The van der Waals surface area contributed by atoms with E-state index in [2.05, 4.69) is 58.4 Å². The van der Waals surface area contributed by atoms with Gasteiger partial charge < -0.3 is 19.5 Å². The van der Waals surface area contributed by atoms with Gasteiger partial charge in [-0.1, -0.05) is 78.5 Å². The second kappa shape index (κ2) is 11.7. The van der Waals surface area contributed by atoms with Crippen LogP contribution in [0.15, 0.2) is 83.9 Å². The first-order chi connectivity index (χ1) is 17.5. The Morgan fingerprint density at radius 1 is 1.08 bits per heavy atom. The van der Waals surface area contributed by atoms with Gasteiger partial charge in [0.2, 0.25) is 5.91 Å². The van der Waals surface area contributed by atoms with E-state index in [9.17, 15) is 4.79 Å². The molecule has 7 nitrogen and oxygen atoms in total. The Bertz CT molecular complexity index is 1320. The highest BCUT2D eigenvalue weighted by atomic mass is 16.5. The van der Waals surface area contributed by atoms with Crippen molar-refractivity contribution in [3.8, 4) is 0 Å². The van der Waals surface area contributed by atoms with Crippen LogP contribution in [-0.4, -0.2) is 53.7 Å². The van der Waals surface area contributed by atoms with E-state index in [0.29, 0.717) is 24.7 Å². The Balaban J connectivity index is 1.50. The highest BCUT2D eigenvalue weighted by Gasteiger charge is 2.29. The maximum Gasteiger partial charge on any atom is 0.252 e. The number of aromatic nitrogens is 2. The van der Waals surface area contributed by atoms with Crippen LogP contribution in [0.4, 0.5) is 0 Å². The number of rotatable bonds is 11. The quantitative estimate of drug-likeness (QED) is 0.340. The number of ether oxygens (including phenoxy) is 1. The Hall–Kier alpha value is -3.81. The fourth-order valence-electron chi connectivity index (χ4n) is 4.26. The number of carbonyl (C=O) groups excluding carboxylic acids is 1. The first kappa shape index (κ1) is 25.3. The van der Waals surface area contributed by atoms with Crippen LogP contribution in [0.3, 0.4) is 0 Å². The molecule has 0 aliphatic carbocycles. The number of benzene rings is 3. The largest absolute Gasteiger partial charge is 0.369 e. The number of nitrogens with zero attached hydrogens (tertiary/aromatic N) is 3. The zero-order chi connectivity index (χ0) is 25.5. The molecule has 0 aliphatic heterocycles. The monoisotopic (exact) mass is 484 g/mol. The number of hydrogen-bond acceptors (Lipinski definition) is 6. The Morgan fingerprint density at radius 3 is 2.50 bits per heavy atom. The lowest BCUT2D eigenvalue weighted by Crippen LogP contribution is -2.50. The Kier molecular flexibility index (Phi) is 8.25. The van der Waals surface area contributed by atoms with Crippen molar-refractivity contribution >= 4 is 22.3 Å². The molecule has 1 N–H and O–H groups in total. The first-order valence-electron chi connectivity index (χ1n) is 12.0. The van der Waals surface area contributed by atoms with Gasteiger partial charge in [0.25, 0.3) is 5.89 Å². The second-order valence-electron chi connectivity index (χ2n) is 8.85. The van der Waals surface area contributed by atoms with Crippen molar-refractivity contribution in [2.24, 2.45) is 0 Å². The summed E-state index contributed by atoms with van der Waals surface area (Å²) in [6.45, 7) is 6.55. The molecule has 186 valence electrons. The summed E-state index contributed by atoms with van der Waals surface area (Å²) in [5, 5.41) is 9.22. The summed E-state index contributed by atoms with van der Waals surface area (Å²) in [6, 6.07) is 23.6. The van der Waals surface area contributed by atoms with E-state index in [-0.39, 0.29) is 18.6 Å². The summed E-state index contributed by atoms with van der Waals surface area (Å²) in [4.78, 5) is 19.7. The zero-order valence-corrected chi connectivity index (χ0v) is 21.0. The zero-order valence-electron chi connectivity index (χ0n) is 21.0. The molecule has 3 aromatic carbocycles. The summed E-state index contributed by atoms with van der Waals surface area (Å²) < 4.78 is 11.1. The van der Waals surface area contributed by atoms with Gasteiger partial charge in [-0.05, 0) is 53.9 Å². The van der Waals surface area contributed by atoms with E-state index in [4.69, 9.17) is 9.26 Å². The van der Waals surface area contributed by atoms with E-state index in [1.165, 1.54) is 0 Å². The predicted molar refractivity (Wildman–Crippen MR) is 141 cm³/mol.